The van der Waals surface area contributed by atoms with Crippen LogP contribution in [0.2, 0.25) is 0 Å². The van der Waals surface area contributed by atoms with Crippen molar-refractivity contribution in [2.24, 2.45) is 0 Å². The maximum absolute atomic E-state index is 12.8. The van der Waals surface area contributed by atoms with Gasteiger partial charge in [-0.25, -0.2) is 13.2 Å². The Morgan fingerprint density at radius 2 is 1.73 bits per heavy atom. The predicted octanol–water partition coefficient (Wildman–Crippen LogP) is 1.15. The average Bonchev–Trinajstić information content (AvgIpc) is 2.48. The van der Waals surface area contributed by atoms with E-state index in [9.17, 15) is 18.0 Å². The molecule has 1 aliphatic rings. The quantitative estimate of drug-likeness (QED) is 0.806. The summed E-state index contributed by atoms with van der Waals surface area (Å²) in [6.07, 6.45) is 2.62. The molecule has 9 heteroatoms. The second-order valence-corrected chi connectivity index (χ2v) is 8.02. The number of nitrogens with one attached hydrogen (secondary N) is 2. The molecule has 0 atom stereocenters. The van der Waals surface area contributed by atoms with Crippen molar-refractivity contribution in [3.63, 3.8) is 0 Å². The minimum Gasteiger partial charge on any atom is -0.306 e. The fraction of sp³-hybridized carbons (Fsp3) is 0.385. The van der Waals surface area contributed by atoms with Crippen molar-refractivity contribution in [2.45, 2.75) is 24.2 Å². The zero-order chi connectivity index (χ0) is 15.9. The van der Waals surface area contributed by atoms with Crippen LogP contribution in [0.1, 0.15) is 19.3 Å². The molecule has 0 amide bonds. The van der Waals surface area contributed by atoms with Gasteiger partial charge in [-0.15, -0.1) is 0 Å². The first-order valence-corrected chi connectivity index (χ1v) is 9.09. The van der Waals surface area contributed by atoms with Crippen LogP contribution in [0, 0.1) is 0 Å². The number of sulfonamides is 1. The molecule has 1 fully saturated rings. The zero-order valence-corrected chi connectivity index (χ0v) is 14.0. The van der Waals surface area contributed by atoms with Crippen LogP contribution in [0.15, 0.2) is 31.1 Å². The molecule has 2 N–H and O–H groups in total. The second-order valence-electron chi connectivity index (χ2n) is 5.20. The molecule has 0 spiro atoms. The highest BCUT2D eigenvalue weighted by molar-refractivity contribution is 9.10. The lowest BCUT2D eigenvalue weighted by molar-refractivity contribution is 0.347. The third kappa shape index (κ3) is 2.64. The van der Waals surface area contributed by atoms with Crippen LogP contribution in [0.25, 0.3) is 10.9 Å². The smallest absolute Gasteiger partial charge is 0.306 e. The van der Waals surface area contributed by atoms with E-state index in [1.54, 1.807) is 0 Å². The molecule has 1 saturated heterocycles. The molecule has 3 rings (SSSR count). The van der Waals surface area contributed by atoms with Gasteiger partial charge in [-0.2, -0.15) is 4.31 Å². The largest absolute Gasteiger partial charge is 0.326 e. The number of aromatic amines is 2. The Morgan fingerprint density at radius 3 is 2.41 bits per heavy atom. The van der Waals surface area contributed by atoms with Gasteiger partial charge in [0.1, 0.15) is 4.90 Å². The molecule has 0 bridgehead atoms. The molecule has 2 heterocycles. The number of hydrogen-bond donors (Lipinski definition) is 2. The van der Waals surface area contributed by atoms with Crippen molar-refractivity contribution >= 4 is 36.9 Å². The maximum Gasteiger partial charge on any atom is 0.326 e. The monoisotopic (exact) mass is 387 g/mol. The fourth-order valence-electron chi connectivity index (χ4n) is 2.65. The van der Waals surface area contributed by atoms with Gasteiger partial charge in [0.15, 0.2) is 0 Å². The first kappa shape index (κ1) is 15.4. The number of benzene rings is 1. The van der Waals surface area contributed by atoms with Crippen molar-refractivity contribution in [2.75, 3.05) is 13.1 Å². The van der Waals surface area contributed by atoms with Crippen molar-refractivity contribution < 1.29 is 8.42 Å². The van der Waals surface area contributed by atoms with Gasteiger partial charge in [0, 0.05) is 17.6 Å². The van der Waals surface area contributed by atoms with Crippen LogP contribution in [-0.2, 0) is 10.0 Å². The van der Waals surface area contributed by atoms with Crippen LogP contribution >= 0.6 is 15.9 Å². The zero-order valence-electron chi connectivity index (χ0n) is 11.6. The summed E-state index contributed by atoms with van der Waals surface area (Å²) in [4.78, 5) is 27.9. The summed E-state index contributed by atoms with van der Waals surface area (Å²) in [6, 6.07) is 2.90. The van der Waals surface area contributed by atoms with Crippen molar-refractivity contribution in [1.29, 1.82) is 0 Å². The van der Waals surface area contributed by atoms with E-state index in [2.05, 4.69) is 25.9 Å². The van der Waals surface area contributed by atoms with E-state index in [1.807, 2.05) is 0 Å². The Bertz CT molecular complexity index is 942. The van der Waals surface area contributed by atoms with Crippen molar-refractivity contribution in [1.82, 2.24) is 14.3 Å². The highest BCUT2D eigenvalue weighted by Gasteiger charge is 2.28. The third-order valence-corrected chi connectivity index (χ3v) is 6.09. The van der Waals surface area contributed by atoms with Gasteiger partial charge >= 0.3 is 5.69 Å². The summed E-state index contributed by atoms with van der Waals surface area (Å²) in [7, 11) is -3.76. The minimum atomic E-state index is -3.76. The molecule has 0 radical (unpaired) electrons. The van der Waals surface area contributed by atoms with Gasteiger partial charge < -0.3 is 4.98 Å². The lowest BCUT2D eigenvalue weighted by Gasteiger charge is -2.26. The molecule has 7 nitrogen and oxygen atoms in total. The summed E-state index contributed by atoms with van der Waals surface area (Å²) in [5, 5.41) is 0.129. The molecule has 118 valence electrons. The fourth-order valence-corrected chi connectivity index (χ4v) is 4.97. The van der Waals surface area contributed by atoms with Gasteiger partial charge in [-0.05, 0) is 25.0 Å². The van der Waals surface area contributed by atoms with E-state index in [1.165, 1.54) is 16.4 Å². The number of nitrogens with zero attached hydrogens (tertiary/aromatic N) is 1. The Labute approximate surface area is 134 Å². The SMILES string of the molecule is O=c1[nH]c(=O)c2cc(Br)cc(S(=O)(=O)N3CCCCC3)c2[nH]1. The summed E-state index contributed by atoms with van der Waals surface area (Å²) in [5.41, 5.74) is -1.30. The third-order valence-electron chi connectivity index (χ3n) is 3.71. The van der Waals surface area contributed by atoms with Crippen LogP contribution in [-0.4, -0.2) is 35.8 Å². The molecule has 1 aromatic carbocycles. The van der Waals surface area contributed by atoms with Crippen molar-refractivity contribution in [3.8, 4) is 0 Å². The van der Waals surface area contributed by atoms with Crippen LogP contribution in [0.5, 0.6) is 0 Å². The number of piperidine rings is 1. The Balaban J connectivity index is 2.30. The number of aromatic nitrogens is 2. The van der Waals surface area contributed by atoms with Crippen LogP contribution < -0.4 is 11.2 Å². The minimum absolute atomic E-state index is 0.0440. The number of H-pyrrole nitrogens is 2. The van der Waals surface area contributed by atoms with E-state index in [-0.39, 0.29) is 15.8 Å². The standard InChI is InChI=1S/C13H14BrN3O4S/c14-8-6-9-11(15-13(19)16-12(9)18)10(7-8)22(20,21)17-4-2-1-3-5-17/h6-7H,1-5H2,(H2,15,16,18,19). The van der Waals surface area contributed by atoms with Crippen molar-refractivity contribution in [3.05, 3.63) is 37.4 Å². The van der Waals surface area contributed by atoms with E-state index >= 15 is 0 Å². The summed E-state index contributed by atoms with van der Waals surface area (Å²) < 4.78 is 27.6. The van der Waals surface area contributed by atoms with E-state index in [4.69, 9.17) is 0 Å². The molecular weight excluding hydrogens is 374 g/mol. The highest BCUT2D eigenvalue weighted by atomic mass is 79.9. The molecular formula is C13H14BrN3O4S. The Hall–Kier alpha value is -1.45. The molecule has 22 heavy (non-hydrogen) atoms. The summed E-state index contributed by atoms with van der Waals surface area (Å²) in [5.74, 6) is 0. The first-order chi connectivity index (χ1) is 10.4. The number of fused-ring (bicyclic) bond motifs is 1. The number of hydrogen-bond acceptors (Lipinski definition) is 4. The lowest BCUT2D eigenvalue weighted by atomic mass is 10.2. The number of halogens is 1. The number of rotatable bonds is 2. The molecule has 1 aliphatic heterocycles. The summed E-state index contributed by atoms with van der Waals surface area (Å²) >= 11 is 3.22. The molecule has 0 unspecified atom stereocenters. The highest BCUT2D eigenvalue weighted by Crippen LogP contribution is 2.28. The topological polar surface area (TPSA) is 103 Å². The lowest BCUT2D eigenvalue weighted by Crippen LogP contribution is -2.36. The van der Waals surface area contributed by atoms with Crippen LogP contribution in [0.3, 0.4) is 0 Å². The van der Waals surface area contributed by atoms with Gasteiger partial charge in [0.25, 0.3) is 5.56 Å². The van der Waals surface area contributed by atoms with E-state index in [0.717, 1.165) is 19.3 Å². The average molecular weight is 388 g/mol. The normalized spacial score (nSPS) is 17.0. The molecule has 2 aromatic rings. The van der Waals surface area contributed by atoms with E-state index < -0.39 is 21.3 Å². The van der Waals surface area contributed by atoms with Gasteiger partial charge in [0.05, 0.1) is 10.9 Å². The van der Waals surface area contributed by atoms with Gasteiger partial charge in [0.2, 0.25) is 10.0 Å². The predicted molar refractivity (Wildman–Crippen MR) is 85.5 cm³/mol. The molecule has 0 saturated carbocycles. The second kappa shape index (κ2) is 5.64. The first-order valence-electron chi connectivity index (χ1n) is 6.85. The Morgan fingerprint density at radius 1 is 1.05 bits per heavy atom. The Kier molecular flexibility index (Phi) is 3.96. The summed E-state index contributed by atoms with van der Waals surface area (Å²) in [6.45, 7) is 0.896. The van der Waals surface area contributed by atoms with Crippen LogP contribution in [0.4, 0.5) is 0 Å². The van der Waals surface area contributed by atoms with Gasteiger partial charge in [-0.3, -0.25) is 9.78 Å². The molecule has 0 aliphatic carbocycles. The maximum atomic E-state index is 12.8. The van der Waals surface area contributed by atoms with Gasteiger partial charge in [-0.1, -0.05) is 22.4 Å². The molecule has 1 aromatic heterocycles. The van der Waals surface area contributed by atoms with E-state index in [0.29, 0.717) is 17.6 Å².